The van der Waals surface area contributed by atoms with E-state index in [1.165, 1.54) is 0 Å². The van der Waals surface area contributed by atoms with Crippen LogP contribution in [0.4, 0.5) is 5.95 Å². The molecule has 1 aromatic carbocycles. The van der Waals surface area contributed by atoms with Gasteiger partial charge >= 0.3 is 0 Å². The van der Waals surface area contributed by atoms with Gasteiger partial charge in [0.25, 0.3) is 0 Å². The van der Waals surface area contributed by atoms with Crippen molar-refractivity contribution in [3.63, 3.8) is 0 Å². The molecule has 0 amide bonds. The zero-order valence-corrected chi connectivity index (χ0v) is 12.1. The van der Waals surface area contributed by atoms with E-state index in [4.69, 9.17) is 11.6 Å². The van der Waals surface area contributed by atoms with Gasteiger partial charge in [-0.05, 0) is 46.3 Å². The van der Waals surface area contributed by atoms with Crippen molar-refractivity contribution in [1.82, 2.24) is 25.2 Å². The quantitative estimate of drug-likeness (QED) is 0.788. The molecule has 6 nitrogen and oxygen atoms in total. The maximum absolute atomic E-state index is 5.97. The second kappa shape index (κ2) is 5.23. The van der Waals surface area contributed by atoms with Crippen molar-refractivity contribution in [3.05, 3.63) is 71.0 Å². The van der Waals surface area contributed by atoms with Crippen LogP contribution in [0, 0.1) is 0 Å². The lowest BCUT2D eigenvalue weighted by atomic mass is 10.0. The van der Waals surface area contributed by atoms with Gasteiger partial charge in [-0.25, -0.2) is 0 Å². The Morgan fingerprint density at radius 3 is 2.77 bits per heavy atom. The molecular formula is C15H11ClN6. The minimum absolute atomic E-state index is 0.0984. The molecule has 3 heterocycles. The summed E-state index contributed by atoms with van der Waals surface area (Å²) in [5.41, 5.74) is 2.96. The number of fused-ring (bicyclic) bond motifs is 1. The highest BCUT2D eigenvalue weighted by atomic mass is 35.5. The molecule has 4 rings (SSSR count). The van der Waals surface area contributed by atoms with E-state index in [1.54, 1.807) is 17.1 Å². The van der Waals surface area contributed by atoms with Crippen LogP contribution in [0.5, 0.6) is 0 Å². The number of halogens is 1. The second-order valence-corrected chi connectivity index (χ2v) is 5.33. The summed E-state index contributed by atoms with van der Waals surface area (Å²) in [6, 6.07) is 11.5. The third-order valence-corrected chi connectivity index (χ3v) is 3.76. The first-order chi connectivity index (χ1) is 10.8. The van der Waals surface area contributed by atoms with Crippen molar-refractivity contribution in [2.75, 3.05) is 5.32 Å². The van der Waals surface area contributed by atoms with Crippen LogP contribution in [0.25, 0.3) is 5.70 Å². The molecule has 0 spiro atoms. The molecule has 2 aromatic heterocycles. The largest absolute Gasteiger partial charge is 0.323 e. The summed E-state index contributed by atoms with van der Waals surface area (Å²) in [6.45, 7) is 0. The van der Waals surface area contributed by atoms with E-state index < -0.39 is 0 Å². The lowest BCUT2D eigenvalue weighted by molar-refractivity contribution is 0.586. The van der Waals surface area contributed by atoms with Gasteiger partial charge in [-0.3, -0.25) is 4.98 Å². The molecule has 0 unspecified atom stereocenters. The fraction of sp³-hybridized carbons (Fsp3) is 0.0667. The molecule has 1 aliphatic heterocycles. The monoisotopic (exact) mass is 310 g/mol. The van der Waals surface area contributed by atoms with Gasteiger partial charge in [0.2, 0.25) is 5.95 Å². The molecule has 1 N–H and O–H groups in total. The van der Waals surface area contributed by atoms with Crippen molar-refractivity contribution in [2.24, 2.45) is 0 Å². The Labute approximate surface area is 131 Å². The van der Waals surface area contributed by atoms with Gasteiger partial charge < -0.3 is 5.32 Å². The number of allylic oxidation sites excluding steroid dienone is 1. The maximum Gasteiger partial charge on any atom is 0.248 e. The Balaban J connectivity index is 1.81. The number of rotatable bonds is 2. The van der Waals surface area contributed by atoms with Gasteiger partial charge in [-0.15, -0.1) is 0 Å². The van der Waals surface area contributed by atoms with E-state index >= 15 is 0 Å². The normalized spacial score (nSPS) is 16.6. The molecule has 3 aromatic rings. The average Bonchev–Trinajstić information content (AvgIpc) is 3.04. The van der Waals surface area contributed by atoms with E-state index in [2.05, 4.69) is 31.9 Å². The molecule has 1 aliphatic rings. The Kier molecular flexibility index (Phi) is 3.08. The Morgan fingerprint density at radius 2 is 2.00 bits per heavy atom. The number of benzene rings is 1. The van der Waals surface area contributed by atoms with Gasteiger partial charge in [0.05, 0.1) is 0 Å². The highest BCUT2D eigenvalue weighted by Crippen LogP contribution is 2.31. The standard InChI is InChI=1S/C15H11ClN6/c16-12-5-3-10(4-6-12)14-8-13(11-2-1-7-17-9-11)18-15-19-20-21-22(14)15/h1-9,14H,(H,18,19,21)/t14-/m0/s1. The maximum atomic E-state index is 5.97. The highest BCUT2D eigenvalue weighted by Gasteiger charge is 2.24. The summed E-state index contributed by atoms with van der Waals surface area (Å²) in [4.78, 5) is 4.16. The van der Waals surface area contributed by atoms with Crippen LogP contribution in [0.15, 0.2) is 54.9 Å². The lowest BCUT2D eigenvalue weighted by Gasteiger charge is -2.23. The van der Waals surface area contributed by atoms with E-state index in [0.717, 1.165) is 16.8 Å². The number of hydrogen-bond acceptors (Lipinski definition) is 5. The zero-order chi connectivity index (χ0) is 14.9. The number of tetrazole rings is 1. The molecule has 7 heteroatoms. The van der Waals surface area contributed by atoms with Crippen LogP contribution >= 0.6 is 11.6 Å². The molecule has 0 fully saturated rings. The summed E-state index contributed by atoms with van der Waals surface area (Å²) >= 11 is 5.97. The third-order valence-electron chi connectivity index (χ3n) is 3.51. The summed E-state index contributed by atoms with van der Waals surface area (Å²) in [7, 11) is 0. The number of nitrogens with zero attached hydrogens (tertiary/aromatic N) is 5. The molecule has 108 valence electrons. The number of anilines is 1. The Hall–Kier alpha value is -2.73. The smallest absolute Gasteiger partial charge is 0.248 e. The van der Waals surface area contributed by atoms with Gasteiger partial charge in [0.15, 0.2) is 0 Å². The van der Waals surface area contributed by atoms with Crippen LogP contribution in [0.1, 0.15) is 17.2 Å². The molecule has 0 radical (unpaired) electrons. The zero-order valence-electron chi connectivity index (χ0n) is 11.4. The van der Waals surface area contributed by atoms with E-state index in [-0.39, 0.29) is 6.04 Å². The first-order valence-corrected chi connectivity index (χ1v) is 7.11. The molecule has 0 aliphatic carbocycles. The molecule has 22 heavy (non-hydrogen) atoms. The lowest BCUT2D eigenvalue weighted by Crippen LogP contribution is -2.20. The Morgan fingerprint density at radius 1 is 1.14 bits per heavy atom. The molecule has 0 saturated carbocycles. The summed E-state index contributed by atoms with van der Waals surface area (Å²) < 4.78 is 1.74. The van der Waals surface area contributed by atoms with Crippen LogP contribution in [0.3, 0.4) is 0 Å². The number of hydrogen-bond donors (Lipinski definition) is 1. The second-order valence-electron chi connectivity index (χ2n) is 4.89. The first-order valence-electron chi connectivity index (χ1n) is 6.74. The average molecular weight is 311 g/mol. The molecule has 1 atom stereocenters. The third kappa shape index (κ3) is 2.23. The predicted octanol–water partition coefficient (Wildman–Crippen LogP) is 2.78. The predicted molar refractivity (Wildman–Crippen MR) is 83.2 cm³/mol. The van der Waals surface area contributed by atoms with E-state index in [9.17, 15) is 0 Å². The van der Waals surface area contributed by atoms with Gasteiger partial charge in [0.1, 0.15) is 6.04 Å². The summed E-state index contributed by atoms with van der Waals surface area (Å²) in [5.74, 6) is 0.598. The van der Waals surface area contributed by atoms with Crippen LogP contribution in [-0.2, 0) is 0 Å². The van der Waals surface area contributed by atoms with Crippen molar-refractivity contribution in [3.8, 4) is 0 Å². The van der Waals surface area contributed by atoms with Crippen LogP contribution in [-0.4, -0.2) is 25.2 Å². The van der Waals surface area contributed by atoms with Crippen molar-refractivity contribution >= 4 is 23.2 Å². The highest BCUT2D eigenvalue weighted by molar-refractivity contribution is 6.30. The Bertz CT molecular complexity index is 825. The van der Waals surface area contributed by atoms with Gasteiger partial charge in [-0.2, -0.15) is 4.68 Å². The first kappa shape index (κ1) is 13.0. The number of pyridine rings is 1. The van der Waals surface area contributed by atoms with E-state index in [0.29, 0.717) is 11.0 Å². The fourth-order valence-electron chi connectivity index (χ4n) is 2.44. The molecule has 0 saturated heterocycles. The number of nitrogens with one attached hydrogen (secondary N) is 1. The summed E-state index contributed by atoms with van der Waals surface area (Å²) in [5, 5.41) is 15.8. The summed E-state index contributed by atoms with van der Waals surface area (Å²) in [6.07, 6.45) is 5.62. The van der Waals surface area contributed by atoms with Gasteiger partial charge in [-0.1, -0.05) is 28.8 Å². The molecular weight excluding hydrogens is 300 g/mol. The molecule has 0 bridgehead atoms. The number of aromatic nitrogens is 5. The van der Waals surface area contributed by atoms with Crippen molar-refractivity contribution in [2.45, 2.75) is 6.04 Å². The van der Waals surface area contributed by atoms with Crippen LogP contribution in [0.2, 0.25) is 5.02 Å². The SMILES string of the molecule is Clc1ccc([C@@H]2C=C(c3cccnc3)Nc3nnnn32)cc1. The minimum atomic E-state index is -0.0984. The minimum Gasteiger partial charge on any atom is -0.323 e. The van der Waals surface area contributed by atoms with Crippen LogP contribution < -0.4 is 5.32 Å². The van der Waals surface area contributed by atoms with E-state index in [1.807, 2.05) is 36.4 Å². The van der Waals surface area contributed by atoms with Gasteiger partial charge in [0, 0.05) is 28.7 Å². The topological polar surface area (TPSA) is 68.5 Å². The fourth-order valence-corrected chi connectivity index (χ4v) is 2.57. The van der Waals surface area contributed by atoms with Crippen molar-refractivity contribution < 1.29 is 0 Å². The van der Waals surface area contributed by atoms with Crippen molar-refractivity contribution in [1.29, 1.82) is 0 Å².